The minimum Gasteiger partial charge on any atom is -0.768 e. The minimum atomic E-state index is -2.22. The van der Waals surface area contributed by atoms with Crippen molar-refractivity contribution in [2.75, 3.05) is 7.11 Å². The fourth-order valence-corrected chi connectivity index (χ4v) is 2.10. The predicted octanol–water partition coefficient (Wildman–Crippen LogP) is -0.910. The molecule has 3 nitrogen and oxygen atoms in total. The van der Waals surface area contributed by atoms with E-state index in [0.717, 1.165) is 5.39 Å². The summed E-state index contributed by atoms with van der Waals surface area (Å²) in [6, 6.07) is 10.5. The van der Waals surface area contributed by atoms with E-state index in [2.05, 4.69) is 0 Å². The molecule has 1 unspecified atom stereocenters. The summed E-state index contributed by atoms with van der Waals surface area (Å²) in [5.74, 6) is 0.680. The third-order valence-corrected chi connectivity index (χ3v) is 2.96. The second kappa shape index (κ2) is 5.80. The summed E-state index contributed by atoms with van der Waals surface area (Å²) in [6.45, 7) is 0. The Kier molecular flexibility index (Phi) is 4.95. The summed E-state index contributed by atoms with van der Waals surface area (Å²) in [5, 5.41) is 1.49. The second-order valence-electron chi connectivity index (χ2n) is 3.05. The molecule has 2 aromatic carbocycles. The van der Waals surface area contributed by atoms with E-state index in [4.69, 9.17) is 4.74 Å². The molecule has 0 aliphatic carbocycles. The van der Waals surface area contributed by atoms with Crippen molar-refractivity contribution in [1.82, 2.24) is 0 Å². The maximum atomic E-state index is 11.0. The van der Waals surface area contributed by atoms with Crippen LogP contribution in [0.25, 0.3) is 10.8 Å². The van der Waals surface area contributed by atoms with E-state index in [-0.39, 0.29) is 29.6 Å². The first-order valence-corrected chi connectivity index (χ1v) is 5.46. The van der Waals surface area contributed by atoms with Crippen LogP contribution >= 0.6 is 0 Å². The largest absolute Gasteiger partial charge is 1.00 e. The molecule has 0 aliphatic rings. The average Bonchev–Trinajstić information content (AvgIpc) is 2.27. The van der Waals surface area contributed by atoms with Gasteiger partial charge in [0.2, 0.25) is 0 Å². The molecule has 1 atom stereocenters. The molecule has 0 aliphatic heterocycles. The van der Waals surface area contributed by atoms with Crippen molar-refractivity contribution in [2.24, 2.45) is 0 Å². The zero-order valence-electron chi connectivity index (χ0n) is 9.10. The van der Waals surface area contributed by atoms with Crippen LogP contribution in [0.4, 0.5) is 0 Å². The number of ether oxygens (including phenoxy) is 1. The summed E-state index contributed by atoms with van der Waals surface area (Å²) in [5.41, 5.74) is 0. The molecule has 5 heteroatoms. The van der Waals surface area contributed by atoms with Gasteiger partial charge >= 0.3 is 29.6 Å². The van der Waals surface area contributed by atoms with E-state index < -0.39 is 11.1 Å². The molecule has 0 saturated carbocycles. The normalized spacial score (nSPS) is 11.9. The van der Waals surface area contributed by atoms with Crippen LogP contribution in [-0.2, 0) is 11.1 Å². The summed E-state index contributed by atoms with van der Waals surface area (Å²) >= 11 is -2.22. The fraction of sp³-hybridized carbons (Fsp3) is 0.0909. The van der Waals surface area contributed by atoms with Gasteiger partial charge < -0.3 is 9.29 Å². The number of methoxy groups -OCH3 is 1. The summed E-state index contributed by atoms with van der Waals surface area (Å²) < 4.78 is 27.1. The van der Waals surface area contributed by atoms with Gasteiger partial charge in [0.05, 0.1) is 7.11 Å². The van der Waals surface area contributed by atoms with Gasteiger partial charge in [-0.05, 0) is 23.2 Å². The van der Waals surface area contributed by atoms with Gasteiger partial charge in [0.1, 0.15) is 5.75 Å². The fourth-order valence-electron chi connectivity index (χ4n) is 1.57. The summed E-state index contributed by atoms with van der Waals surface area (Å²) in [7, 11) is 1.57. The minimum absolute atomic E-state index is 0. The smallest absolute Gasteiger partial charge is 0.768 e. The molecule has 16 heavy (non-hydrogen) atoms. The van der Waals surface area contributed by atoms with Crippen molar-refractivity contribution in [2.45, 2.75) is 4.90 Å². The van der Waals surface area contributed by atoms with E-state index in [1.165, 1.54) is 0 Å². The van der Waals surface area contributed by atoms with Crippen LogP contribution in [0.15, 0.2) is 41.3 Å². The van der Waals surface area contributed by atoms with Crippen molar-refractivity contribution >= 4 is 21.9 Å². The Labute approximate surface area is 118 Å². The van der Waals surface area contributed by atoms with Gasteiger partial charge in [-0.15, -0.1) is 0 Å². The first kappa shape index (κ1) is 13.7. The Balaban J connectivity index is 0.00000128. The first-order chi connectivity index (χ1) is 7.24. The third kappa shape index (κ3) is 2.47. The average molecular weight is 244 g/mol. The van der Waals surface area contributed by atoms with Gasteiger partial charge in [-0.2, -0.15) is 0 Å². The first-order valence-electron chi connectivity index (χ1n) is 4.39. The van der Waals surface area contributed by atoms with Crippen molar-refractivity contribution in [3.63, 3.8) is 0 Å². The number of fused-ring (bicyclic) bond motifs is 1. The molecule has 0 fully saturated rings. The molecular formula is C11H9NaO3S. The molecule has 0 amide bonds. The molecular weight excluding hydrogens is 235 g/mol. The molecule has 0 heterocycles. The molecule has 0 spiro atoms. The molecule has 2 rings (SSSR count). The van der Waals surface area contributed by atoms with Gasteiger partial charge in [0, 0.05) is 15.7 Å². The van der Waals surface area contributed by atoms with Crippen LogP contribution in [0, 0.1) is 0 Å². The Morgan fingerprint density at radius 2 is 1.75 bits per heavy atom. The van der Waals surface area contributed by atoms with Crippen molar-refractivity contribution < 1.29 is 43.1 Å². The van der Waals surface area contributed by atoms with Crippen LogP contribution in [0.3, 0.4) is 0 Å². The number of benzene rings is 2. The van der Waals surface area contributed by atoms with Gasteiger partial charge in [0.25, 0.3) is 0 Å². The zero-order valence-corrected chi connectivity index (χ0v) is 11.9. The Morgan fingerprint density at radius 1 is 1.12 bits per heavy atom. The zero-order chi connectivity index (χ0) is 10.8. The SMILES string of the molecule is COc1ccc(S(=O)[O-])c2ccccc12.[Na+]. The van der Waals surface area contributed by atoms with E-state index in [9.17, 15) is 8.76 Å². The second-order valence-corrected chi connectivity index (χ2v) is 3.96. The van der Waals surface area contributed by atoms with Gasteiger partial charge in [0.15, 0.2) is 0 Å². The van der Waals surface area contributed by atoms with Crippen molar-refractivity contribution in [3.05, 3.63) is 36.4 Å². The van der Waals surface area contributed by atoms with Crippen molar-refractivity contribution in [3.8, 4) is 5.75 Å². The molecule has 0 N–H and O–H groups in total. The molecule has 0 aromatic heterocycles. The predicted molar refractivity (Wildman–Crippen MR) is 57.7 cm³/mol. The van der Waals surface area contributed by atoms with Crippen molar-refractivity contribution in [1.29, 1.82) is 0 Å². The molecule has 78 valence electrons. The van der Waals surface area contributed by atoms with E-state index in [1.807, 2.05) is 12.1 Å². The maximum absolute atomic E-state index is 11.0. The molecule has 0 bridgehead atoms. The molecule has 0 radical (unpaired) electrons. The Morgan fingerprint density at radius 3 is 2.31 bits per heavy atom. The summed E-state index contributed by atoms with van der Waals surface area (Å²) in [4.78, 5) is 0.298. The van der Waals surface area contributed by atoms with Gasteiger partial charge in [-0.1, -0.05) is 24.3 Å². The van der Waals surface area contributed by atoms with E-state index in [0.29, 0.717) is 16.0 Å². The van der Waals surface area contributed by atoms with Crippen LogP contribution in [0.5, 0.6) is 5.75 Å². The van der Waals surface area contributed by atoms with Crippen LogP contribution < -0.4 is 34.3 Å². The van der Waals surface area contributed by atoms with Crippen LogP contribution in [0.2, 0.25) is 0 Å². The molecule has 2 aromatic rings. The number of hydrogen-bond acceptors (Lipinski definition) is 3. The van der Waals surface area contributed by atoms with E-state index >= 15 is 0 Å². The van der Waals surface area contributed by atoms with Gasteiger partial charge in [-0.25, -0.2) is 0 Å². The standard InChI is InChI=1S/C11H10O3S.Na/c1-14-10-6-7-11(15(12)13)9-5-3-2-4-8(9)10;/h2-7H,1H3,(H,12,13);/q;+1/p-1. The Hall–Kier alpha value is -0.390. The summed E-state index contributed by atoms with van der Waals surface area (Å²) in [6.07, 6.45) is 0. The van der Waals surface area contributed by atoms with Gasteiger partial charge in [-0.3, -0.25) is 4.21 Å². The quantitative estimate of drug-likeness (QED) is 0.507. The monoisotopic (exact) mass is 244 g/mol. The molecule has 0 saturated heterocycles. The van der Waals surface area contributed by atoms with E-state index in [1.54, 1.807) is 31.4 Å². The Bertz CT molecular complexity index is 528. The number of hydrogen-bond donors (Lipinski definition) is 0. The van der Waals surface area contributed by atoms with Crippen LogP contribution in [-0.4, -0.2) is 15.9 Å². The maximum Gasteiger partial charge on any atom is 1.00 e. The topological polar surface area (TPSA) is 49.4 Å². The number of rotatable bonds is 2. The third-order valence-electron chi connectivity index (χ3n) is 2.24. The van der Waals surface area contributed by atoms with Crippen LogP contribution in [0.1, 0.15) is 0 Å².